The van der Waals surface area contributed by atoms with Crippen LogP contribution < -0.4 is 0 Å². The van der Waals surface area contributed by atoms with Crippen LogP contribution in [0.15, 0.2) is 0 Å². The van der Waals surface area contributed by atoms with E-state index in [2.05, 4.69) is 4.89 Å². The third-order valence-electron chi connectivity index (χ3n) is 1.78. The Morgan fingerprint density at radius 3 is 2.73 bits per heavy atom. The first-order valence-corrected chi connectivity index (χ1v) is 4.19. The highest BCUT2D eigenvalue weighted by Crippen LogP contribution is 2.22. The fraction of sp³-hybridized carbons (Fsp3) is 0.875. The third-order valence-corrected chi connectivity index (χ3v) is 1.78. The quantitative estimate of drug-likeness (QED) is 0.462. The number of carbonyl (C=O) groups excluding carboxylic acids is 1. The Hall–Kier alpha value is -0.570. The molecule has 0 atom stereocenters. The van der Waals surface area contributed by atoms with Crippen LogP contribution in [0.2, 0.25) is 0 Å². The van der Waals surface area contributed by atoms with Gasteiger partial charge in [0, 0.05) is 6.42 Å². The molecular formula is C8H14O3. The SMILES string of the molecule is CCCC(=O)OOC1CCC1. The molecule has 0 unspecified atom stereocenters. The van der Waals surface area contributed by atoms with Gasteiger partial charge in [0.1, 0.15) is 6.10 Å². The van der Waals surface area contributed by atoms with Crippen molar-refractivity contribution in [3.63, 3.8) is 0 Å². The molecule has 3 nitrogen and oxygen atoms in total. The zero-order valence-corrected chi connectivity index (χ0v) is 6.84. The van der Waals surface area contributed by atoms with Gasteiger partial charge in [0.15, 0.2) is 0 Å². The smallest absolute Gasteiger partial charge is 0.298 e. The lowest BCUT2D eigenvalue weighted by Crippen LogP contribution is -2.23. The van der Waals surface area contributed by atoms with Crippen LogP contribution >= 0.6 is 0 Å². The van der Waals surface area contributed by atoms with Gasteiger partial charge in [-0.25, -0.2) is 4.79 Å². The highest BCUT2D eigenvalue weighted by molar-refractivity contribution is 5.68. The molecule has 0 aromatic carbocycles. The van der Waals surface area contributed by atoms with E-state index in [0.29, 0.717) is 6.42 Å². The Morgan fingerprint density at radius 2 is 2.27 bits per heavy atom. The van der Waals surface area contributed by atoms with E-state index in [1.54, 1.807) is 0 Å². The maximum Gasteiger partial charge on any atom is 0.342 e. The number of carbonyl (C=O) groups is 1. The van der Waals surface area contributed by atoms with E-state index in [1.807, 2.05) is 6.92 Å². The third kappa shape index (κ3) is 2.89. The van der Waals surface area contributed by atoms with Gasteiger partial charge >= 0.3 is 5.97 Å². The molecule has 0 aromatic rings. The maximum atomic E-state index is 10.7. The summed E-state index contributed by atoms with van der Waals surface area (Å²) >= 11 is 0. The summed E-state index contributed by atoms with van der Waals surface area (Å²) in [5.41, 5.74) is 0. The molecule has 3 heteroatoms. The summed E-state index contributed by atoms with van der Waals surface area (Å²) in [4.78, 5) is 20.1. The first-order chi connectivity index (χ1) is 5.33. The zero-order valence-electron chi connectivity index (χ0n) is 6.84. The lowest BCUT2D eigenvalue weighted by atomic mass is 9.97. The molecular weight excluding hydrogens is 144 g/mol. The van der Waals surface area contributed by atoms with Gasteiger partial charge in [0.2, 0.25) is 0 Å². The monoisotopic (exact) mass is 158 g/mol. The van der Waals surface area contributed by atoms with Gasteiger partial charge in [0.25, 0.3) is 0 Å². The van der Waals surface area contributed by atoms with Crippen molar-refractivity contribution in [1.29, 1.82) is 0 Å². The molecule has 0 bridgehead atoms. The van der Waals surface area contributed by atoms with E-state index >= 15 is 0 Å². The summed E-state index contributed by atoms with van der Waals surface area (Å²) in [5, 5.41) is 0. The van der Waals surface area contributed by atoms with Crippen molar-refractivity contribution in [3.05, 3.63) is 0 Å². The maximum absolute atomic E-state index is 10.7. The lowest BCUT2D eigenvalue weighted by Gasteiger charge is -2.22. The van der Waals surface area contributed by atoms with Gasteiger partial charge in [-0.1, -0.05) is 6.92 Å². The summed E-state index contributed by atoms with van der Waals surface area (Å²) in [7, 11) is 0. The molecule has 11 heavy (non-hydrogen) atoms. The fourth-order valence-corrected chi connectivity index (χ4v) is 0.835. The second kappa shape index (κ2) is 4.34. The molecule has 0 saturated heterocycles. The molecule has 1 aliphatic rings. The van der Waals surface area contributed by atoms with Gasteiger partial charge < -0.3 is 0 Å². The highest BCUT2D eigenvalue weighted by atomic mass is 17.2. The van der Waals surface area contributed by atoms with E-state index in [4.69, 9.17) is 4.89 Å². The summed E-state index contributed by atoms with van der Waals surface area (Å²) < 4.78 is 0. The van der Waals surface area contributed by atoms with Crippen molar-refractivity contribution in [2.45, 2.75) is 45.1 Å². The topological polar surface area (TPSA) is 35.5 Å². The molecule has 0 heterocycles. The van der Waals surface area contributed by atoms with Crippen LogP contribution in [-0.4, -0.2) is 12.1 Å². The number of hydrogen-bond acceptors (Lipinski definition) is 3. The normalized spacial score (nSPS) is 17.5. The van der Waals surface area contributed by atoms with Crippen molar-refractivity contribution >= 4 is 5.97 Å². The van der Waals surface area contributed by atoms with Crippen LogP contribution in [-0.2, 0) is 14.6 Å². The first kappa shape index (κ1) is 8.53. The average Bonchev–Trinajstić information content (AvgIpc) is 1.85. The van der Waals surface area contributed by atoms with E-state index in [1.165, 1.54) is 6.42 Å². The van der Waals surface area contributed by atoms with Crippen molar-refractivity contribution in [2.24, 2.45) is 0 Å². The summed E-state index contributed by atoms with van der Waals surface area (Å²) in [6.07, 6.45) is 4.68. The molecule has 1 saturated carbocycles. The number of hydrogen-bond donors (Lipinski definition) is 0. The van der Waals surface area contributed by atoms with Crippen LogP contribution in [0.25, 0.3) is 0 Å². The average molecular weight is 158 g/mol. The molecule has 0 N–H and O–H groups in total. The molecule has 0 radical (unpaired) electrons. The summed E-state index contributed by atoms with van der Waals surface area (Å²) in [6.45, 7) is 1.94. The van der Waals surface area contributed by atoms with E-state index in [0.717, 1.165) is 19.3 Å². The first-order valence-electron chi connectivity index (χ1n) is 4.19. The molecule has 0 aliphatic heterocycles. The largest absolute Gasteiger partial charge is 0.342 e. The minimum atomic E-state index is -0.251. The number of rotatable bonds is 4. The summed E-state index contributed by atoms with van der Waals surface area (Å²) in [6, 6.07) is 0. The molecule has 1 rings (SSSR count). The second-order valence-corrected chi connectivity index (χ2v) is 2.85. The second-order valence-electron chi connectivity index (χ2n) is 2.85. The van der Waals surface area contributed by atoms with Crippen LogP contribution in [0.1, 0.15) is 39.0 Å². The van der Waals surface area contributed by atoms with Gasteiger partial charge in [0.05, 0.1) is 0 Å². The predicted molar refractivity (Wildman–Crippen MR) is 39.7 cm³/mol. The molecule has 0 spiro atoms. The van der Waals surface area contributed by atoms with E-state index in [9.17, 15) is 4.79 Å². The summed E-state index contributed by atoms with van der Waals surface area (Å²) in [5.74, 6) is -0.251. The van der Waals surface area contributed by atoms with Crippen LogP contribution in [0, 0.1) is 0 Å². The minimum absolute atomic E-state index is 0.177. The standard InChI is InChI=1S/C8H14O3/c1-2-4-8(9)11-10-7-5-3-6-7/h7H,2-6H2,1H3. The van der Waals surface area contributed by atoms with Gasteiger partial charge in [-0.05, 0) is 25.7 Å². The molecule has 1 fully saturated rings. The van der Waals surface area contributed by atoms with Crippen LogP contribution in [0.4, 0.5) is 0 Å². The van der Waals surface area contributed by atoms with Crippen molar-refractivity contribution in [1.82, 2.24) is 0 Å². The van der Waals surface area contributed by atoms with Gasteiger partial charge in [-0.3, -0.25) is 4.89 Å². The molecule has 1 aliphatic carbocycles. The Balaban J connectivity index is 1.96. The predicted octanol–water partition coefficient (Wildman–Crippen LogP) is 1.81. The lowest BCUT2D eigenvalue weighted by molar-refractivity contribution is -0.309. The molecule has 0 amide bonds. The van der Waals surface area contributed by atoms with Crippen molar-refractivity contribution in [3.8, 4) is 0 Å². The fourth-order valence-electron chi connectivity index (χ4n) is 0.835. The van der Waals surface area contributed by atoms with Gasteiger partial charge in [-0.2, -0.15) is 4.89 Å². The Bertz CT molecular complexity index is 129. The van der Waals surface area contributed by atoms with Crippen LogP contribution in [0.3, 0.4) is 0 Å². The molecule has 64 valence electrons. The van der Waals surface area contributed by atoms with Gasteiger partial charge in [-0.15, -0.1) is 0 Å². The van der Waals surface area contributed by atoms with Crippen LogP contribution in [0.5, 0.6) is 0 Å². The highest BCUT2D eigenvalue weighted by Gasteiger charge is 2.20. The Labute approximate surface area is 66.6 Å². The van der Waals surface area contributed by atoms with Crippen molar-refractivity contribution < 1.29 is 14.6 Å². The Morgan fingerprint density at radius 1 is 1.55 bits per heavy atom. The van der Waals surface area contributed by atoms with Crippen molar-refractivity contribution in [2.75, 3.05) is 0 Å². The molecule has 0 aromatic heterocycles. The van der Waals surface area contributed by atoms with E-state index in [-0.39, 0.29) is 12.1 Å². The zero-order chi connectivity index (χ0) is 8.10. The van der Waals surface area contributed by atoms with E-state index < -0.39 is 0 Å². The Kier molecular flexibility index (Phi) is 3.36. The minimum Gasteiger partial charge on any atom is -0.298 e.